The Morgan fingerprint density at radius 3 is 1.97 bits per heavy atom. The zero-order valence-corrected chi connectivity index (χ0v) is 19.2. The van der Waals surface area contributed by atoms with E-state index >= 15 is 0 Å². The molecular weight excluding hydrogens is 444 g/mol. The number of halogens is 1. The molecule has 3 heteroatoms. The molecule has 5 rings (SSSR count). The molecule has 0 aliphatic rings. The van der Waals surface area contributed by atoms with Gasteiger partial charge in [0.25, 0.3) is 0 Å². The summed E-state index contributed by atoms with van der Waals surface area (Å²) in [6, 6.07) is 32.6. The SMILES string of the molecule is [Br-].c1ccc(CCCn2c3ccccc3c3cc[n+](CCc4ccccc4)cc32)cc1. The number of aromatic nitrogens is 2. The molecule has 0 bridgehead atoms. The number of para-hydroxylation sites is 1. The molecule has 0 unspecified atom stereocenters. The van der Waals surface area contributed by atoms with E-state index in [1.54, 1.807) is 0 Å². The van der Waals surface area contributed by atoms with Crippen molar-refractivity contribution in [3.63, 3.8) is 0 Å². The summed E-state index contributed by atoms with van der Waals surface area (Å²) in [6.45, 7) is 2.02. The highest BCUT2D eigenvalue weighted by Gasteiger charge is 2.14. The summed E-state index contributed by atoms with van der Waals surface area (Å²) in [6.07, 6.45) is 7.85. The van der Waals surface area contributed by atoms with Gasteiger partial charge in [-0.3, -0.25) is 0 Å². The fraction of sp³-hybridized carbons (Fsp3) is 0.179. The molecule has 0 aliphatic carbocycles. The van der Waals surface area contributed by atoms with Crippen LogP contribution in [0.25, 0.3) is 21.8 Å². The van der Waals surface area contributed by atoms with E-state index in [9.17, 15) is 0 Å². The van der Waals surface area contributed by atoms with Crippen molar-refractivity contribution in [2.75, 3.05) is 0 Å². The first-order valence-electron chi connectivity index (χ1n) is 10.9. The van der Waals surface area contributed by atoms with Gasteiger partial charge in [-0.05, 0) is 30.0 Å². The predicted octanol–water partition coefficient (Wildman–Crippen LogP) is 2.96. The van der Waals surface area contributed by atoms with Crippen LogP contribution in [0.3, 0.4) is 0 Å². The van der Waals surface area contributed by atoms with Gasteiger partial charge >= 0.3 is 0 Å². The summed E-state index contributed by atoms with van der Waals surface area (Å²) in [7, 11) is 0. The quantitative estimate of drug-likeness (QED) is 0.323. The molecule has 2 heterocycles. The van der Waals surface area contributed by atoms with Gasteiger partial charge in [0.1, 0.15) is 5.52 Å². The average molecular weight is 471 g/mol. The van der Waals surface area contributed by atoms with Gasteiger partial charge in [0.05, 0.1) is 0 Å². The van der Waals surface area contributed by atoms with Crippen molar-refractivity contribution in [1.29, 1.82) is 0 Å². The molecule has 3 aromatic carbocycles. The Balaban J connectivity index is 0.00000231. The Labute approximate surface area is 194 Å². The van der Waals surface area contributed by atoms with Gasteiger partial charge in [0.15, 0.2) is 18.9 Å². The first-order valence-corrected chi connectivity index (χ1v) is 10.9. The number of fused-ring (bicyclic) bond motifs is 3. The minimum Gasteiger partial charge on any atom is -1.00 e. The molecule has 0 radical (unpaired) electrons. The second kappa shape index (κ2) is 9.93. The molecule has 31 heavy (non-hydrogen) atoms. The van der Waals surface area contributed by atoms with Crippen molar-refractivity contribution < 1.29 is 21.5 Å². The highest BCUT2D eigenvalue weighted by Crippen LogP contribution is 2.28. The van der Waals surface area contributed by atoms with Crippen LogP contribution in [0.5, 0.6) is 0 Å². The highest BCUT2D eigenvalue weighted by atomic mass is 79.9. The maximum absolute atomic E-state index is 2.51. The highest BCUT2D eigenvalue weighted by molar-refractivity contribution is 6.07. The third-order valence-corrected chi connectivity index (χ3v) is 5.96. The second-order valence-corrected chi connectivity index (χ2v) is 7.98. The minimum absolute atomic E-state index is 0. The molecule has 0 fully saturated rings. The lowest BCUT2D eigenvalue weighted by Crippen LogP contribution is -3.00. The molecule has 156 valence electrons. The van der Waals surface area contributed by atoms with Gasteiger partial charge in [0, 0.05) is 35.3 Å². The van der Waals surface area contributed by atoms with E-state index in [4.69, 9.17) is 0 Å². The van der Waals surface area contributed by atoms with E-state index in [0.29, 0.717) is 0 Å². The third-order valence-electron chi connectivity index (χ3n) is 5.96. The largest absolute Gasteiger partial charge is 1.00 e. The maximum Gasteiger partial charge on any atom is 0.193 e. The van der Waals surface area contributed by atoms with Crippen LogP contribution in [-0.2, 0) is 25.9 Å². The number of nitrogens with zero attached hydrogens (tertiary/aromatic N) is 2. The number of aryl methyl sites for hydroxylation is 4. The van der Waals surface area contributed by atoms with E-state index in [1.807, 2.05) is 0 Å². The topological polar surface area (TPSA) is 8.81 Å². The Bertz CT molecular complexity index is 1260. The first-order chi connectivity index (χ1) is 14.9. The Kier molecular flexibility index (Phi) is 6.83. The van der Waals surface area contributed by atoms with Gasteiger partial charge in [0.2, 0.25) is 0 Å². The summed E-state index contributed by atoms with van der Waals surface area (Å²) in [5.74, 6) is 0. The number of benzene rings is 3. The Hall–Kier alpha value is -2.91. The molecular formula is C28H27BrN2. The van der Waals surface area contributed by atoms with Crippen LogP contribution in [0.2, 0.25) is 0 Å². The zero-order chi connectivity index (χ0) is 20.2. The number of rotatable bonds is 7. The first kappa shape index (κ1) is 21.3. The Morgan fingerprint density at radius 1 is 0.613 bits per heavy atom. The van der Waals surface area contributed by atoms with Crippen LogP contribution in [0, 0.1) is 0 Å². The monoisotopic (exact) mass is 470 g/mol. The molecule has 0 N–H and O–H groups in total. The van der Waals surface area contributed by atoms with Crippen molar-refractivity contribution in [3.05, 3.63) is 115 Å². The molecule has 5 aromatic rings. The predicted molar refractivity (Wildman–Crippen MR) is 125 cm³/mol. The van der Waals surface area contributed by atoms with Gasteiger partial charge in [-0.25, -0.2) is 4.57 Å². The smallest absolute Gasteiger partial charge is 0.193 e. The van der Waals surface area contributed by atoms with E-state index < -0.39 is 0 Å². The van der Waals surface area contributed by atoms with Crippen LogP contribution < -0.4 is 21.5 Å². The van der Waals surface area contributed by atoms with Crippen LogP contribution in [0.15, 0.2) is 103 Å². The third kappa shape index (κ3) is 4.72. The maximum atomic E-state index is 2.51. The van der Waals surface area contributed by atoms with Crippen molar-refractivity contribution in [3.8, 4) is 0 Å². The Morgan fingerprint density at radius 2 is 1.23 bits per heavy atom. The van der Waals surface area contributed by atoms with E-state index in [2.05, 4.69) is 113 Å². The van der Waals surface area contributed by atoms with Gasteiger partial charge in [-0.1, -0.05) is 78.9 Å². The van der Waals surface area contributed by atoms with E-state index in [-0.39, 0.29) is 17.0 Å². The standard InChI is InChI=1S/C28H27N2.BrH/c1-3-10-23(11-4-1)14-9-19-30-27-16-8-7-15-25(27)26-18-21-29(22-28(26)30)20-17-24-12-5-2-6-13-24;/h1-8,10-13,15-16,18,21-22H,9,14,17,19-20H2;1H/q+1;/p-1. The molecule has 0 amide bonds. The zero-order valence-electron chi connectivity index (χ0n) is 17.6. The number of hydrogen-bond acceptors (Lipinski definition) is 0. The summed E-state index contributed by atoms with van der Waals surface area (Å²) < 4.78 is 4.84. The number of pyridine rings is 1. The lowest BCUT2D eigenvalue weighted by Gasteiger charge is -2.07. The van der Waals surface area contributed by atoms with E-state index in [0.717, 1.165) is 32.4 Å². The lowest BCUT2D eigenvalue weighted by molar-refractivity contribution is -0.695. The van der Waals surface area contributed by atoms with Crippen molar-refractivity contribution in [2.45, 2.75) is 32.4 Å². The van der Waals surface area contributed by atoms with Gasteiger partial charge in [-0.15, -0.1) is 0 Å². The molecule has 2 aromatic heterocycles. The normalized spacial score (nSPS) is 11.0. The molecule has 0 saturated heterocycles. The van der Waals surface area contributed by atoms with E-state index in [1.165, 1.54) is 32.9 Å². The molecule has 0 atom stereocenters. The van der Waals surface area contributed by atoms with Crippen molar-refractivity contribution >= 4 is 21.8 Å². The molecule has 0 saturated carbocycles. The number of hydrogen-bond donors (Lipinski definition) is 0. The summed E-state index contributed by atoms with van der Waals surface area (Å²) >= 11 is 0. The summed E-state index contributed by atoms with van der Waals surface area (Å²) in [5, 5.41) is 2.70. The van der Waals surface area contributed by atoms with Crippen molar-refractivity contribution in [1.82, 2.24) is 4.57 Å². The minimum atomic E-state index is 0. The van der Waals surface area contributed by atoms with Gasteiger partial charge in [-0.2, -0.15) is 0 Å². The summed E-state index contributed by atoms with van der Waals surface area (Å²) in [4.78, 5) is 0. The molecule has 0 aliphatic heterocycles. The van der Waals surface area contributed by atoms with Crippen LogP contribution in [0.4, 0.5) is 0 Å². The second-order valence-electron chi connectivity index (χ2n) is 7.98. The fourth-order valence-electron chi connectivity index (χ4n) is 4.40. The summed E-state index contributed by atoms with van der Waals surface area (Å²) in [5.41, 5.74) is 5.46. The van der Waals surface area contributed by atoms with Crippen LogP contribution in [0.1, 0.15) is 17.5 Å². The van der Waals surface area contributed by atoms with Crippen LogP contribution in [-0.4, -0.2) is 4.57 Å². The lowest BCUT2D eigenvalue weighted by atomic mass is 10.1. The molecule has 0 spiro atoms. The molecule has 2 nitrogen and oxygen atoms in total. The van der Waals surface area contributed by atoms with Gasteiger partial charge < -0.3 is 21.5 Å². The van der Waals surface area contributed by atoms with Crippen LogP contribution >= 0.6 is 0 Å². The average Bonchev–Trinajstić information content (AvgIpc) is 3.12. The van der Waals surface area contributed by atoms with Crippen molar-refractivity contribution in [2.24, 2.45) is 0 Å². The fourth-order valence-corrected chi connectivity index (χ4v) is 4.40.